The minimum absolute atomic E-state index is 0.366. The summed E-state index contributed by atoms with van der Waals surface area (Å²) < 4.78 is 41.6. The van der Waals surface area contributed by atoms with Gasteiger partial charge in [-0.25, -0.2) is 13.2 Å². The second kappa shape index (κ2) is 8.01. The van der Waals surface area contributed by atoms with E-state index >= 15 is 0 Å². The van der Waals surface area contributed by atoms with Crippen LogP contribution in [0.25, 0.3) is 5.69 Å². The van der Waals surface area contributed by atoms with Crippen LogP contribution in [-0.4, -0.2) is 31.4 Å². The van der Waals surface area contributed by atoms with Crippen LogP contribution in [0.2, 0.25) is 0 Å². The van der Waals surface area contributed by atoms with Crippen molar-refractivity contribution in [3.8, 4) is 5.69 Å². The van der Waals surface area contributed by atoms with Crippen molar-refractivity contribution in [1.29, 1.82) is 0 Å². The number of tetrazole rings is 1. The standard InChI is InChI=1S/C18H16F3N5OS/c1-9-5-4-6-10(2)16(9)26-18(23-24-25-26)28-11(3)17(27)22-13-8-7-12(19)14(20)15(13)21/h4-8,11H,1-3H3,(H,22,27)/t11-/m1/s1. The van der Waals surface area contributed by atoms with Gasteiger partial charge in [-0.15, -0.1) is 5.10 Å². The highest BCUT2D eigenvalue weighted by atomic mass is 32.2. The lowest BCUT2D eigenvalue weighted by molar-refractivity contribution is -0.115. The molecule has 3 aromatic rings. The number of halogens is 3. The zero-order valence-corrected chi connectivity index (χ0v) is 16.0. The molecular formula is C18H16F3N5OS. The van der Waals surface area contributed by atoms with Gasteiger partial charge in [0.25, 0.3) is 0 Å². The van der Waals surface area contributed by atoms with Crippen molar-refractivity contribution < 1.29 is 18.0 Å². The molecule has 0 saturated heterocycles. The van der Waals surface area contributed by atoms with Crippen molar-refractivity contribution in [2.45, 2.75) is 31.2 Å². The summed E-state index contributed by atoms with van der Waals surface area (Å²) in [7, 11) is 0. The maximum atomic E-state index is 13.8. The van der Waals surface area contributed by atoms with Crippen LogP contribution in [0.1, 0.15) is 18.1 Å². The molecule has 2 aromatic carbocycles. The molecule has 0 bridgehead atoms. The van der Waals surface area contributed by atoms with Crippen LogP contribution in [-0.2, 0) is 4.79 Å². The van der Waals surface area contributed by atoms with Crippen molar-refractivity contribution in [1.82, 2.24) is 20.2 Å². The Hall–Kier alpha value is -2.88. The SMILES string of the molecule is Cc1cccc(C)c1-n1nnnc1S[C@H](C)C(=O)Nc1ccc(F)c(F)c1F. The predicted octanol–water partition coefficient (Wildman–Crippen LogP) is 3.82. The summed E-state index contributed by atoms with van der Waals surface area (Å²) in [5.41, 5.74) is 2.27. The van der Waals surface area contributed by atoms with E-state index in [1.54, 1.807) is 6.92 Å². The third kappa shape index (κ3) is 3.86. The third-order valence-corrected chi connectivity index (χ3v) is 5.07. The lowest BCUT2D eigenvalue weighted by Gasteiger charge is -2.14. The first-order chi connectivity index (χ1) is 13.3. The maximum Gasteiger partial charge on any atom is 0.237 e. The van der Waals surface area contributed by atoms with Gasteiger partial charge in [0.1, 0.15) is 0 Å². The molecule has 0 aliphatic rings. The molecule has 0 spiro atoms. The fourth-order valence-electron chi connectivity index (χ4n) is 2.60. The molecule has 1 heterocycles. The summed E-state index contributed by atoms with van der Waals surface area (Å²) in [6, 6.07) is 7.45. The van der Waals surface area contributed by atoms with Gasteiger partial charge in [-0.05, 0) is 54.5 Å². The van der Waals surface area contributed by atoms with Gasteiger partial charge in [-0.1, -0.05) is 30.0 Å². The van der Waals surface area contributed by atoms with Gasteiger partial charge in [0.2, 0.25) is 11.1 Å². The molecule has 1 N–H and O–H groups in total. The van der Waals surface area contributed by atoms with E-state index in [0.29, 0.717) is 5.16 Å². The first-order valence-electron chi connectivity index (χ1n) is 8.25. The van der Waals surface area contributed by atoms with E-state index < -0.39 is 34.3 Å². The minimum atomic E-state index is -1.64. The first-order valence-corrected chi connectivity index (χ1v) is 9.13. The average Bonchev–Trinajstić information content (AvgIpc) is 3.09. The number of benzene rings is 2. The largest absolute Gasteiger partial charge is 0.323 e. The predicted molar refractivity (Wildman–Crippen MR) is 98.9 cm³/mol. The maximum absolute atomic E-state index is 13.8. The smallest absolute Gasteiger partial charge is 0.237 e. The van der Waals surface area contributed by atoms with Crippen molar-refractivity contribution in [3.63, 3.8) is 0 Å². The first kappa shape index (κ1) is 19.9. The number of aryl methyl sites for hydroxylation is 2. The van der Waals surface area contributed by atoms with Gasteiger partial charge in [0.15, 0.2) is 17.5 Å². The summed E-state index contributed by atoms with van der Waals surface area (Å²) in [6.07, 6.45) is 0. The van der Waals surface area contributed by atoms with Crippen molar-refractivity contribution >= 4 is 23.4 Å². The Morgan fingerprint density at radius 2 is 1.79 bits per heavy atom. The number of hydrogen-bond acceptors (Lipinski definition) is 5. The van der Waals surface area contributed by atoms with Gasteiger partial charge in [0, 0.05) is 0 Å². The van der Waals surface area contributed by atoms with Crippen molar-refractivity contribution in [2.75, 3.05) is 5.32 Å². The highest BCUT2D eigenvalue weighted by molar-refractivity contribution is 8.00. The van der Waals surface area contributed by atoms with E-state index in [1.807, 2.05) is 32.0 Å². The number of carbonyl (C=O) groups is 1. The fraction of sp³-hybridized carbons (Fsp3) is 0.222. The van der Waals surface area contributed by atoms with Crippen molar-refractivity contribution in [3.05, 3.63) is 58.9 Å². The molecule has 10 heteroatoms. The monoisotopic (exact) mass is 407 g/mol. The van der Waals surface area contributed by atoms with Crippen LogP contribution in [0.15, 0.2) is 35.5 Å². The van der Waals surface area contributed by atoms with E-state index in [9.17, 15) is 18.0 Å². The second-order valence-corrected chi connectivity index (χ2v) is 7.39. The molecule has 1 amide bonds. The number of carbonyl (C=O) groups excluding carboxylic acids is 1. The van der Waals surface area contributed by atoms with E-state index in [1.165, 1.54) is 4.68 Å². The zero-order chi connectivity index (χ0) is 20.4. The molecule has 3 rings (SSSR count). The van der Waals surface area contributed by atoms with Gasteiger partial charge in [0.05, 0.1) is 16.6 Å². The highest BCUT2D eigenvalue weighted by Gasteiger charge is 2.22. The van der Waals surface area contributed by atoms with Gasteiger partial charge >= 0.3 is 0 Å². The zero-order valence-electron chi connectivity index (χ0n) is 15.2. The van der Waals surface area contributed by atoms with Crippen molar-refractivity contribution in [2.24, 2.45) is 0 Å². The molecule has 1 atom stereocenters. The number of nitrogens with zero attached hydrogens (tertiary/aromatic N) is 4. The molecule has 1 aromatic heterocycles. The molecule has 0 unspecified atom stereocenters. The Labute approximate surface area is 163 Å². The quantitative estimate of drug-likeness (QED) is 0.514. The third-order valence-electron chi connectivity index (χ3n) is 4.04. The number of para-hydroxylation sites is 1. The summed E-state index contributed by atoms with van der Waals surface area (Å²) in [5.74, 6) is -5.03. The lowest BCUT2D eigenvalue weighted by atomic mass is 10.1. The molecule has 0 radical (unpaired) electrons. The van der Waals surface area contributed by atoms with Crippen LogP contribution in [0, 0.1) is 31.3 Å². The lowest BCUT2D eigenvalue weighted by Crippen LogP contribution is -2.24. The minimum Gasteiger partial charge on any atom is -0.323 e. The number of amides is 1. The Kier molecular flexibility index (Phi) is 5.68. The summed E-state index contributed by atoms with van der Waals surface area (Å²) >= 11 is 1.05. The normalized spacial score (nSPS) is 12.1. The second-order valence-electron chi connectivity index (χ2n) is 6.09. The van der Waals surface area contributed by atoms with Crippen LogP contribution >= 0.6 is 11.8 Å². The number of aromatic nitrogens is 4. The topological polar surface area (TPSA) is 72.7 Å². The van der Waals surface area contributed by atoms with Gasteiger partial charge in [-0.3, -0.25) is 4.79 Å². The number of rotatable bonds is 5. The van der Waals surface area contributed by atoms with E-state index in [-0.39, 0.29) is 0 Å². The van der Waals surface area contributed by atoms with Crippen LogP contribution in [0.3, 0.4) is 0 Å². The molecular weight excluding hydrogens is 391 g/mol. The van der Waals surface area contributed by atoms with Crippen LogP contribution in [0.4, 0.5) is 18.9 Å². The molecule has 146 valence electrons. The van der Waals surface area contributed by atoms with Crippen LogP contribution < -0.4 is 5.32 Å². The Morgan fingerprint density at radius 1 is 1.11 bits per heavy atom. The molecule has 6 nitrogen and oxygen atoms in total. The Bertz CT molecular complexity index is 1020. The van der Waals surface area contributed by atoms with E-state index in [0.717, 1.165) is 40.7 Å². The van der Waals surface area contributed by atoms with Gasteiger partial charge in [-0.2, -0.15) is 4.68 Å². The molecule has 28 heavy (non-hydrogen) atoms. The number of hydrogen-bond donors (Lipinski definition) is 1. The summed E-state index contributed by atoms with van der Waals surface area (Å²) in [5, 5.41) is 13.5. The average molecular weight is 407 g/mol. The Morgan fingerprint density at radius 3 is 2.46 bits per heavy atom. The van der Waals surface area contributed by atoms with Crippen LogP contribution in [0.5, 0.6) is 0 Å². The highest BCUT2D eigenvalue weighted by Crippen LogP contribution is 2.27. The number of anilines is 1. The summed E-state index contributed by atoms with van der Waals surface area (Å²) in [6.45, 7) is 5.41. The van der Waals surface area contributed by atoms with E-state index in [4.69, 9.17) is 0 Å². The number of nitrogens with one attached hydrogen (secondary N) is 1. The molecule has 0 saturated carbocycles. The molecule has 0 aliphatic carbocycles. The Balaban J connectivity index is 1.79. The molecule has 0 aliphatic heterocycles. The summed E-state index contributed by atoms with van der Waals surface area (Å²) in [4.78, 5) is 12.4. The fourth-order valence-corrected chi connectivity index (χ4v) is 3.39. The number of thioether (sulfide) groups is 1. The molecule has 0 fully saturated rings. The van der Waals surface area contributed by atoms with E-state index in [2.05, 4.69) is 20.8 Å². The van der Waals surface area contributed by atoms with Gasteiger partial charge < -0.3 is 5.32 Å².